The number of carbonyl (C=O) groups is 1. The molecular formula is C10H10BrCl2NO2. The maximum absolute atomic E-state index is 10.9. The monoisotopic (exact) mass is 325 g/mol. The molecule has 0 saturated carbocycles. The lowest BCUT2D eigenvalue weighted by Gasteiger charge is -2.15. The van der Waals surface area contributed by atoms with E-state index in [4.69, 9.17) is 28.3 Å². The van der Waals surface area contributed by atoms with Crippen LogP contribution in [0.2, 0.25) is 10.0 Å². The van der Waals surface area contributed by atoms with Gasteiger partial charge in [-0.1, -0.05) is 30.1 Å². The third-order valence-corrected chi connectivity index (χ3v) is 3.84. The third-order valence-electron chi connectivity index (χ3n) is 2.07. The highest BCUT2D eigenvalue weighted by Crippen LogP contribution is 2.36. The summed E-state index contributed by atoms with van der Waals surface area (Å²) in [7, 11) is 0. The van der Waals surface area contributed by atoms with Gasteiger partial charge in [-0.2, -0.15) is 0 Å². The first kappa shape index (κ1) is 13.6. The van der Waals surface area contributed by atoms with Gasteiger partial charge in [0.15, 0.2) is 0 Å². The first-order chi connectivity index (χ1) is 7.47. The lowest BCUT2D eigenvalue weighted by atomic mass is 10.2. The highest BCUT2D eigenvalue weighted by Gasteiger charge is 2.17. The summed E-state index contributed by atoms with van der Waals surface area (Å²) in [6, 6.07) is 2.73. The minimum atomic E-state index is -0.919. The van der Waals surface area contributed by atoms with Gasteiger partial charge in [0.1, 0.15) is 6.04 Å². The van der Waals surface area contributed by atoms with E-state index in [2.05, 4.69) is 21.2 Å². The molecule has 0 spiro atoms. The molecule has 6 heteroatoms. The predicted molar refractivity (Wildman–Crippen MR) is 69.5 cm³/mol. The van der Waals surface area contributed by atoms with Gasteiger partial charge in [0, 0.05) is 4.47 Å². The minimum Gasteiger partial charge on any atom is -0.480 e. The molecule has 0 heterocycles. The quantitative estimate of drug-likeness (QED) is 0.821. The summed E-state index contributed by atoms with van der Waals surface area (Å²) in [6.45, 7) is 1.78. The van der Waals surface area contributed by atoms with Gasteiger partial charge >= 0.3 is 5.97 Å². The summed E-state index contributed by atoms with van der Waals surface area (Å²) in [5.41, 5.74) is 0.518. The van der Waals surface area contributed by atoms with Gasteiger partial charge in [-0.05, 0) is 34.5 Å². The molecule has 0 aliphatic rings. The number of rotatable bonds is 4. The highest BCUT2D eigenvalue weighted by atomic mass is 79.9. The standard InChI is InChI=1S/C10H10BrCl2NO2/c1-2-6(10(15)16)14-7-4-3-5(11)8(12)9(7)13/h3-4,6,14H,2H2,1H3,(H,15,16). The molecule has 0 aliphatic carbocycles. The van der Waals surface area contributed by atoms with Crippen LogP contribution in [0.4, 0.5) is 5.69 Å². The molecule has 0 aliphatic heterocycles. The summed E-state index contributed by atoms with van der Waals surface area (Å²) in [4.78, 5) is 10.9. The SMILES string of the molecule is CCC(Nc1ccc(Br)c(Cl)c1Cl)C(=O)O. The zero-order valence-corrected chi connectivity index (χ0v) is 11.5. The normalized spacial score (nSPS) is 12.2. The number of halogens is 3. The molecule has 0 aromatic heterocycles. The average molecular weight is 327 g/mol. The van der Waals surface area contributed by atoms with Crippen molar-refractivity contribution in [3.05, 3.63) is 26.7 Å². The van der Waals surface area contributed by atoms with Crippen LogP contribution in [0.1, 0.15) is 13.3 Å². The lowest BCUT2D eigenvalue weighted by Crippen LogP contribution is -2.28. The molecule has 1 atom stereocenters. The van der Waals surface area contributed by atoms with Gasteiger partial charge in [-0.25, -0.2) is 4.79 Å². The number of hydrogen-bond acceptors (Lipinski definition) is 2. The Morgan fingerprint density at radius 3 is 2.62 bits per heavy atom. The Balaban J connectivity index is 2.97. The minimum absolute atomic E-state index is 0.316. The molecular weight excluding hydrogens is 317 g/mol. The molecule has 1 unspecified atom stereocenters. The fraction of sp³-hybridized carbons (Fsp3) is 0.300. The first-order valence-corrected chi connectivity index (χ1v) is 6.15. The number of aliphatic carboxylic acids is 1. The molecule has 1 rings (SSSR count). The third kappa shape index (κ3) is 3.03. The lowest BCUT2D eigenvalue weighted by molar-refractivity contribution is -0.137. The number of carboxylic acid groups (broad SMARTS) is 1. The zero-order chi connectivity index (χ0) is 12.3. The summed E-state index contributed by atoms with van der Waals surface area (Å²) in [5.74, 6) is -0.919. The molecule has 1 aromatic carbocycles. The molecule has 0 bridgehead atoms. The molecule has 0 saturated heterocycles. The molecule has 0 amide bonds. The summed E-state index contributed by atoms with van der Waals surface area (Å²) >= 11 is 15.1. The molecule has 3 nitrogen and oxygen atoms in total. The van der Waals surface area contributed by atoms with Gasteiger partial charge in [0.25, 0.3) is 0 Å². The van der Waals surface area contributed by atoms with E-state index in [1.807, 2.05) is 0 Å². The predicted octanol–water partition coefficient (Wildman–Crippen LogP) is 4.03. The average Bonchev–Trinajstić information content (AvgIpc) is 2.25. The fourth-order valence-electron chi connectivity index (χ4n) is 1.16. The van der Waals surface area contributed by atoms with Crippen molar-refractivity contribution in [2.24, 2.45) is 0 Å². The number of benzene rings is 1. The van der Waals surface area contributed by atoms with Gasteiger partial charge in [-0.15, -0.1) is 0 Å². The van der Waals surface area contributed by atoms with Crippen molar-refractivity contribution in [2.75, 3.05) is 5.32 Å². The van der Waals surface area contributed by atoms with Gasteiger partial charge in [0.05, 0.1) is 15.7 Å². The van der Waals surface area contributed by atoms with Crippen molar-refractivity contribution in [3.63, 3.8) is 0 Å². The second-order valence-electron chi connectivity index (χ2n) is 3.17. The van der Waals surface area contributed by atoms with Gasteiger partial charge in [-0.3, -0.25) is 0 Å². The number of anilines is 1. The van der Waals surface area contributed by atoms with E-state index in [1.165, 1.54) is 0 Å². The maximum Gasteiger partial charge on any atom is 0.326 e. The number of carboxylic acids is 1. The van der Waals surface area contributed by atoms with E-state index >= 15 is 0 Å². The number of hydrogen-bond donors (Lipinski definition) is 2. The Labute approximate surface area is 112 Å². The summed E-state index contributed by atoms with van der Waals surface area (Å²) in [6.07, 6.45) is 0.458. The topological polar surface area (TPSA) is 49.3 Å². The van der Waals surface area contributed by atoms with Crippen LogP contribution in [-0.2, 0) is 4.79 Å². The van der Waals surface area contributed by atoms with E-state index in [9.17, 15) is 4.79 Å². The van der Waals surface area contributed by atoms with Gasteiger partial charge in [0.2, 0.25) is 0 Å². The largest absolute Gasteiger partial charge is 0.480 e. The molecule has 0 radical (unpaired) electrons. The Kier molecular flexibility index (Phi) is 4.89. The van der Waals surface area contributed by atoms with Crippen molar-refractivity contribution in [1.82, 2.24) is 0 Å². The van der Waals surface area contributed by atoms with Crippen LogP contribution >= 0.6 is 39.1 Å². The van der Waals surface area contributed by atoms with E-state index < -0.39 is 12.0 Å². The maximum atomic E-state index is 10.9. The van der Waals surface area contributed by atoms with Crippen molar-refractivity contribution >= 4 is 50.8 Å². The second kappa shape index (κ2) is 5.75. The molecule has 2 N–H and O–H groups in total. The van der Waals surface area contributed by atoms with Gasteiger partial charge < -0.3 is 10.4 Å². The summed E-state index contributed by atoms with van der Waals surface area (Å²) < 4.78 is 0.674. The highest BCUT2D eigenvalue weighted by molar-refractivity contribution is 9.10. The van der Waals surface area contributed by atoms with Crippen LogP contribution in [0.5, 0.6) is 0 Å². The Morgan fingerprint density at radius 1 is 1.50 bits per heavy atom. The molecule has 1 aromatic rings. The van der Waals surface area contributed by atoms with Crippen LogP contribution in [-0.4, -0.2) is 17.1 Å². The van der Waals surface area contributed by atoms with Crippen molar-refractivity contribution in [1.29, 1.82) is 0 Å². The van der Waals surface area contributed by atoms with Crippen LogP contribution in [0.25, 0.3) is 0 Å². The van der Waals surface area contributed by atoms with Crippen LogP contribution in [0, 0.1) is 0 Å². The van der Waals surface area contributed by atoms with Crippen LogP contribution in [0.15, 0.2) is 16.6 Å². The van der Waals surface area contributed by atoms with Crippen molar-refractivity contribution in [3.8, 4) is 0 Å². The van der Waals surface area contributed by atoms with Crippen molar-refractivity contribution < 1.29 is 9.90 Å². The molecule has 88 valence electrons. The van der Waals surface area contributed by atoms with E-state index in [0.29, 0.717) is 26.6 Å². The Morgan fingerprint density at radius 2 is 2.12 bits per heavy atom. The number of nitrogens with one attached hydrogen (secondary N) is 1. The Bertz CT molecular complexity index is 412. The Hall–Kier alpha value is -0.450. The smallest absolute Gasteiger partial charge is 0.326 e. The van der Waals surface area contributed by atoms with Crippen molar-refractivity contribution in [2.45, 2.75) is 19.4 Å². The zero-order valence-electron chi connectivity index (χ0n) is 8.43. The van der Waals surface area contributed by atoms with Crippen LogP contribution < -0.4 is 5.32 Å². The molecule has 0 fully saturated rings. The van der Waals surface area contributed by atoms with E-state index in [1.54, 1.807) is 19.1 Å². The van der Waals surface area contributed by atoms with E-state index in [-0.39, 0.29) is 0 Å². The fourth-order valence-corrected chi connectivity index (χ4v) is 1.99. The van der Waals surface area contributed by atoms with Crippen LogP contribution in [0.3, 0.4) is 0 Å². The first-order valence-electron chi connectivity index (χ1n) is 4.60. The van der Waals surface area contributed by atoms with E-state index in [0.717, 1.165) is 0 Å². The second-order valence-corrected chi connectivity index (χ2v) is 4.78. The summed E-state index contributed by atoms with van der Waals surface area (Å²) in [5, 5.41) is 12.4. The molecule has 16 heavy (non-hydrogen) atoms.